The van der Waals surface area contributed by atoms with E-state index in [1.807, 2.05) is 31.2 Å². The van der Waals surface area contributed by atoms with Gasteiger partial charge >= 0.3 is 0 Å². The van der Waals surface area contributed by atoms with Gasteiger partial charge in [0.1, 0.15) is 11.6 Å². The van der Waals surface area contributed by atoms with Crippen LogP contribution in [0.25, 0.3) is 11.0 Å². The van der Waals surface area contributed by atoms with Crippen LogP contribution in [0.5, 0.6) is 5.75 Å². The third-order valence-electron chi connectivity index (χ3n) is 6.04. The van der Waals surface area contributed by atoms with Crippen molar-refractivity contribution in [1.82, 2.24) is 14.9 Å². The maximum Gasteiger partial charge on any atom is 0.261 e. The fourth-order valence-corrected chi connectivity index (χ4v) is 5.45. The first-order valence-electron chi connectivity index (χ1n) is 11.6. The Labute approximate surface area is 204 Å². The minimum Gasteiger partial charge on any atom is -0.494 e. The zero-order valence-electron chi connectivity index (χ0n) is 19.3. The van der Waals surface area contributed by atoms with Gasteiger partial charge in [-0.2, -0.15) is 0 Å². The molecular weight excluding hydrogens is 464 g/mol. The Morgan fingerprint density at radius 1 is 1.11 bits per heavy atom. The highest BCUT2D eigenvalue weighted by Gasteiger charge is 2.33. The summed E-state index contributed by atoms with van der Waals surface area (Å²) in [4.78, 5) is 23.4. The van der Waals surface area contributed by atoms with Gasteiger partial charge in [0.05, 0.1) is 28.6 Å². The van der Waals surface area contributed by atoms with Crippen LogP contribution >= 0.6 is 0 Å². The topological polar surface area (TPSA) is 104 Å². The Balaban J connectivity index is 1.35. The summed E-state index contributed by atoms with van der Waals surface area (Å²) in [6.45, 7) is 2.98. The molecule has 1 fully saturated rings. The van der Waals surface area contributed by atoms with Crippen molar-refractivity contribution in [2.24, 2.45) is 0 Å². The summed E-state index contributed by atoms with van der Waals surface area (Å²) in [7, 11) is -3.82. The molecule has 0 aliphatic carbocycles. The largest absolute Gasteiger partial charge is 0.494 e. The maximum absolute atomic E-state index is 13.4. The number of hydrogen-bond donors (Lipinski definition) is 2. The van der Waals surface area contributed by atoms with Gasteiger partial charge in [-0.1, -0.05) is 18.2 Å². The molecule has 2 heterocycles. The molecule has 0 saturated carbocycles. The molecule has 1 amide bonds. The minimum atomic E-state index is -3.82. The SMILES string of the molecule is CCOc1ccc(S(=O)(=O)Nc2cccc(C(=O)N3CCCC3c3nc4ccccc4[nH]3)c2)cc1. The van der Waals surface area contributed by atoms with Crippen molar-refractivity contribution in [3.63, 3.8) is 0 Å². The molecule has 35 heavy (non-hydrogen) atoms. The number of para-hydroxylation sites is 2. The number of aromatic amines is 1. The summed E-state index contributed by atoms with van der Waals surface area (Å²) in [6, 6.07) is 20.4. The lowest BCUT2D eigenvalue weighted by Gasteiger charge is -2.23. The zero-order chi connectivity index (χ0) is 24.4. The molecule has 0 radical (unpaired) electrons. The number of hydrogen-bond acceptors (Lipinski definition) is 5. The summed E-state index contributed by atoms with van der Waals surface area (Å²) < 4.78 is 33.7. The number of sulfonamides is 1. The molecular formula is C26H26N4O4S. The molecule has 1 aliphatic heterocycles. The fraction of sp³-hybridized carbons (Fsp3) is 0.231. The fourth-order valence-electron chi connectivity index (χ4n) is 4.40. The molecule has 5 rings (SSSR count). The smallest absolute Gasteiger partial charge is 0.261 e. The molecule has 1 aliphatic rings. The zero-order valence-corrected chi connectivity index (χ0v) is 20.1. The molecule has 0 spiro atoms. The molecule has 8 nitrogen and oxygen atoms in total. The Bertz CT molecular complexity index is 1430. The Hall–Kier alpha value is -3.85. The van der Waals surface area contributed by atoms with Crippen molar-refractivity contribution in [3.8, 4) is 5.75 Å². The van der Waals surface area contributed by atoms with E-state index in [2.05, 4.69) is 14.7 Å². The van der Waals surface area contributed by atoms with E-state index in [4.69, 9.17) is 4.74 Å². The monoisotopic (exact) mass is 490 g/mol. The molecule has 1 atom stereocenters. The summed E-state index contributed by atoms with van der Waals surface area (Å²) in [5.41, 5.74) is 2.55. The lowest BCUT2D eigenvalue weighted by atomic mass is 10.1. The second-order valence-electron chi connectivity index (χ2n) is 8.39. The van der Waals surface area contributed by atoms with Gasteiger partial charge in [0.2, 0.25) is 0 Å². The van der Waals surface area contributed by atoms with Crippen LogP contribution in [0, 0.1) is 0 Å². The number of H-pyrrole nitrogens is 1. The number of amides is 1. The molecule has 0 bridgehead atoms. The summed E-state index contributed by atoms with van der Waals surface area (Å²) in [6.07, 6.45) is 1.69. The lowest BCUT2D eigenvalue weighted by molar-refractivity contribution is 0.0730. The van der Waals surface area contributed by atoms with Gasteiger partial charge in [0.15, 0.2) is 0 Å². The van der Waals surface area contributed by atoms with Crippen LogP contribution in [-0.4, -0.2) is 42.3 Å². The highest BCUT2D eigenvalue weighted by Crippen LogP contribution is 2.33. The summed E-state index contributed by atoms with van der Waals surface area (Å²) in [5, 5.41) is 0. The van der Waals surface area contributed by atoms with E-state index in [-0.39, 0.29) is 16.8 Å². The number of nitrogens with one attached hydrogen (secondary N) is 2. The van der Waals surface area contributed by atoms with E-state index in [1.54, 1.807) is 41.3 Å². The number of fused-ring (bicyclic) bond motifs is 1. The summed E-state index contributed by atoms with van der Waals surface area (Å²) >= 11 is 0. The van der Waals surface area contributed by atoms with Crippen LogP contribution in [0.2, 0.25) is 0 Å². The number of ether oxygens (including phenoxy) is 1. The van der Waals surface area contributed by atoms with Gasteiger partial charge in [-0.25, -0.2) is 13.4 Å². The van der Waals surface area contributed by atoms with Crippen LogP contribution < -0.4 is 9.46 Å². The van der Waals surface area contributed by atoms with Gasteiger partial charge in [-0.3, -0.25) is 9.52 Å². The first-order valence-corrected chi connectivity index (χ1v) is 13.0. The normalized spacial score (nSPS) is 15.9. The van der Waals surface area contributed by atoms with Crippen molar-refractivity contribution < 1.29 is 17.9 Å². The standard InChI is InChI=1S/C26H26N4O4S/c1-2-34-20-12-14-21(15-13-20)35(32,33)29-19-8-5-7-18(17-19)26(31)30-16-6-11-24(30)25-27-22-9-3-4-10-23(22)28-25/h3-5,7-10,12-15,17,24,29H,2,6,11,16H2,1H3,(H,27,28). The average Bonchev–Trinajstić information content (AvgIpc) is 3.51. The van der Waals surface area contributed by atoms with Gasteiger partial charge in [-0.15, -0.1) is 0 Å². The van der Waals surface area contributed by atoms with Crippen LogP contribution in [-0.2, 0) is 10.0 Å². The first-order chi connectivity index (χ1) is 16.9. The molecule has 180 valence electrons. The number of imidazole rings is 1. The Morgan fingerprint density at radius 3 is 2.69 bits per heavy atom. The molecule has 4 aromatic rings. The van der Waals surface area contributed by atoms with Crippen LogP contribution in [0.1, 0.15) is 42.0 Å². The number of aromatic nitrogens is 2. The van der Waals surface area contributed by atoms with Crippen LogP contribution in [0.4, 0.5) is 5.69 Å². The van der Waals surface area contributed by atoms with Crippen LogP contribution in [0.15, 0.2) is 77.7 Å². The van der Waals surface area contributed by atoms with E-state index in [1.165, 1.54) is 12.1 Å². The van der Waals surface area contributed by atoms with Crippen molar-refractivity contribution in [2.75, 3.05) is 17.9 Å². The number of rotatable bonds is 7. The van der Waals surface area contributed by atoms with Crippen molar-refractivity contribution >= 4 is 32.7 Å². The van der Waals surface area contributed by atoms with E-state index in [0.717, 1.165) is 29.7 Å². The number of carbonyl (C=O) groups is 1. The van der Waals surface area contributed by atoms with Crippen molar-refractivity contribution in [1.29, 1.82) is 0 Å². The Morgan fingerprint density at radius 2 is 1.91 bits per heavy atom. The molecule has 2 N–H and O–H groups in total. The maximum atomic E-state index is 13.4. The number of carbonyl (C=O) groups excluding carboxylic acids is 1. The highest BCUT2D eigenvalue weighted by molar-refractivity contribution is 7.92. The van der Waals surface area contributed by atoms with Gasteiger partial charge in [0.25, 0.3) is 15.9 Å². The molecule has 1 aromatic heterocycles. The number of likely N-dealkylation sites (tertiary alicyclic amines) is 1. The van der Waals surface area contributed by atoms with Gasteiger partial charge < -0.3 is 14.6 Å². The lowest BCUT2D eigenvalue weighted by Crippen LogP contribution is -2.31. The van der Waals surface area contributed by atoms with Gasteiger partial charge in [0, 0.05) is 17.8 Å². The van der Waals surface area contributed by atoms with Crippen LogP contribution in [0.3, 0.4) is 0 Å². The second-order valence-corrected chi connectivity index (χ2v) is 10.1. The van der Waals surface area contributed by atoms with Crippen molar-refractivity contribution in [2.45, 2.75) is 30.7 Å². The molecule has 9 heteroatoms. The third-order valence-corrected chi connectivity index (χ3v) is 7.44. The molecule has 1 unspecified atom stereocenters. The average molecular weight is 491 g/mol. The minimum absolute atomic E-state index is 0.113. The van der Waals surface area contributed by atoms with E-state index in [9.17, 15) is 13.2 Å². The number of anilines is 1. The quantitative estimate of drug-likeness (QED) is 0.389. The van der Waals surface area contributed by atoms with Gasteiger partial charge in [-0.05, 0) is 74.4 Å². The molecule has 1 saturated heterocycles. The van der Waals surface area contributed by atoms with Crippen molar-refractivity contribution in [3.05, 3.63) is 84.2 Å². The van der Waals surface area contributed by atoms with E-state index in [0.29, 0.717) is 30.2 Å². The highest BCUT2D eigenvalue weighted by atomic mass is 32.2. The second kappa shape index (κ2) is 9.42. The first kappa shape index (κ1) is 22.9. The Kier molecular flexibility index (Phi) is 6.17. The van der Waals surface area contributed by atoms with E-state index >= 15 is 0 Å². The number of benzene rings is 3. The predicted molar refractivity (Wildman–Crippen MR) is 134 cm³/mol. The summed E-state index contributed by atoms with van der Waals surface area (Å²) in [5.74, 6) is 1.21. The molecule has 3 aromatic carbocycles. The number of nitrogens with zero attached hydrogens (tertiary/aromatic N) is 2. The predicted octanol–water partition coefficient (Wildman–Crippen LogP) is 4.74. The third kappa shape index (κ3) is 4.72. The van der Waals surface area contributed by atoms with E-state index < -0.39 is 10.0 Å².